The van der Waals surface area contributed by atoms with Crippen molar-refractivity contribution in [2.75, 3.05) is 19.4 Å². The van der Waals surface area contributed by atoms with E-state index in [1.165, 1.54) is 6.26 Å². The van der Waals surface area contributed by atoms with E-state index in [4.69, 9.17) is 4.74 Å². The van der Waals surface area contributed by atoms with Crippen LogP contribution in [0.3, 0.4) is 0 Å². The number of nitrogens with one attached hydrogen (secondary N) is 1. The van der Waals surface area contributed by atoms with Crippen LogP contribution in [0.4, 0.5) is 0 Å². The van der Waals surface area contributed by atoms with Gasteiger partial charge in [-0.2, -0.15) is 0 Å². The first-order valence-corrected chi connectivity index (χ1v) is 9.00. The number of carbonyl (C=O) groups is 1. The molecule has 0 radical (unpaired) electrons. The van der Waals surface area contributed by atoms with E-state index in [1.807, 2.05) is 13.8 Å². The molecule has 0 aliphatic carbocycles. The molecule has 0 saturated carbocycles. The molecule has 118 valence electrons. The van der Waals surface area contributed by atoms with Crippen LogP contribution in [0, 0.1) is 0 Å². The first-order valence-electron chi connectivity index (χ1n) is 6.94. The van der Waals surface area contributed by atoms with Gasteiger partial charge in [0.25, 0.3) is 5.91 Å². The van der Waals surface area contributed by atoms with E-state index in [-0.39, 0.29) is 17.8 Å². The molecule has 0 unspecified atom stereocenters. The number of amides is 1. The second-order valence-electron chi connectivity index (χ2n) is 5.30. The Bertz CT molecular complexity index is 550. The topological polar surface area (TPSA) is 72.5 Å². The zero-order chi connectivity index (χ0) is 15.9. The van der Waals surface area contributed by atoms with Crippen molar-refractivity contribution in [3.05, 3.63) is 35.4 Å². The SMILES string of the molecule is CC(C)OCCCNC(=O)c1ccc(CS(C)(=O)=O)cc1. The molecule has 1 N–H and O–H groups in total. The number of rotatable bonds is 8. The predicted octanol–water partition coefficient (Wildman–Crippen LogP) is 1.78. The molecule has 5 nitrogen and oxygen atoms in total. The number of sulfone groups is 1. The second-order valence-corrected chi connectivity index (χ2v) is 7.44. The molecule has 6 heteroatoms. The molecule has 0 bridgehead atoms. The molecule has 0 aliphatic rings. The summed E-state index contributed by atoms with van der Waals surface area (Å²) in [4.78, 5) is 11.9. The Kier molecular flexibility index (Phi) is 6.84. The maximum absolute atomic E-state index is 11.9. The van der Waals surface area contributed by atoms with Gasteiger partial charge < -0.3 is 10.1 Å². The van der Waals surface area contributed by atoms with E-state index in [0.717, 1.165) is 6.42 Å². The molecule has 0 aromatic heterocycles. The molecular formula is C15H23NO4S. The highest BCUT2D eigenvalue weighted by molar-refractivity contribution is 7.89. The second kappa shape index (κ2) is 8.14. The molecule has 1 aromatic carbocycles. The summed E-state index contributed by atoms with van der Waals surface area (Å²) in [6.45, 7) is 5.11. The smallest absolute Gasteiger partial charge is 0.251 e. The monoisotopic (exact) mass is 313 g/mol. The van der Waals surface area contributed by atoms with Gasteiger partial charge in [-0.3, -0.25) is 4.79 Å². The van der Waals surface area contributed by atoms with Gasteiger partial charge in [0.2, 0.25) is 0 Å². The van der Waals surface area contributed by atoms with Crippen LogP contribution in [-0.2, 0) is 20.3 Å². The average Bonchev–Trinajstić information content (AvgIpc) is 2.36. The summed E-state index contributed by atoms with van der Waals surface area (Å²) in [5, 5.41) is 2.80. The molecular weight excluding hydrogens is 290 g/mol. The fourth-order valence-electron chi connectivity index (χ4n) is 1.75. The number of benzene rings is 1. The van der Waals surface area contributed by atoms with E-state index in [9.17, 15) is 13.2 Å². The van der Waals surface area contributed by atoms with Crippen LogP contribution < -0.4 is 5.32 Å². The Morgan fingerprint density at radius 3 is 2.38 bits per heavy atom. The first-order chi connectivity index (χ1) is 9.78. The Morgan fingerprint density at radius 2 is 1.86 bits per heavy atom. The lowest BCUT2D eigenvalue weighted by molar-refractivity contribution is 0.0757. The van der Waals surface area contributed by atoms with E-state index in [2.05, 4.69) is 5.32 Å². The summed E-state index contributed by atoms with van der Waals surface area (Å²) in [7, 11) is -3.05. The largest absolute Gasteiger partial charge is 0.379 e. The summed E-state index contributed by atoms with van der Waals surface area (Å²) in [5.74, 6) is -0.174. The molecule has 1 rings (SSSR count). The van der Waals surface area contributed by atoms with Crippen LogP contribution in [-0.4, -0.2) is 39.8 Å². The van der Waals surface area contributed by atoms with Crippen LogP contribution in [0.1, 0.15) is 36.2 Å². The van der Waals surface area contributed by atoms with E-state index in [0.29, 0.717) is 24.3 Å². The third-order valence-corrected chi connectivity index (χ3v) is 3.56. The van der Waals surface area contributed by atoms with Gasteiger partial charge in [0.1, 0.15) is 0 Å². The van der Waals surface area contributed by atoms with Crippen molar-refractivity contribution in [1.29, 1.82) is 0 Å². The summed E-state index contributed by atoms with van der Waals surface area (Å²) < 4.78 is 27.7. The van der Waals surface area contributed by atoms with Crippen molar-refractivity contribution in [2.24, 2.45) is 0 Å². The Morgan fingerprint density at radius 1 is 1.24 bits per heavy atom. The minimum atomic E-state index is -3.05. The quantitative estimate of drug-likeness (QED) is 0.743. The highest BCUT2D eigenvalue weighted by atomic mass is 32.2. The van der Waals surface area contributed by atoms with Gasteiger partial charge in [0.05, 0.1) is 11.9 Å². The van der Waals surface area contributed by atoms with Crippen LogP contribution in [0.5, 0.6) is 0 Å². The fourth-order valence-corrected chi connectivity index (χ4v) is 2.55. The van der Waals surface area contributed by atoms with Gasteiger partial charge in [-0.15, -0.1) is 0 Å². The Hall–Kier alpha value is -1.40. The summed E-state index contributed by atoms with van der Waals surface area (Å²) in [6.07, 6.45) is 2.14. The maximum atomic E-state index is 11.9. The number of ether oxygens (including phenoxy) is 1. The molecule has 0 fully saturated rings. The van der Waals surface area contributed by atoms with E-state index >= 15 is 0 Å². The summed E-state index contributed by atoms with van der Waals surface area (Å²) >= 11 is 0. The van der Waals surface area contributed by atoms with Gasteiger partial charge in [-0.25, -0.2) is 8.42 Å². The van der Waals surface area contributed by atoms with Crippen molar-refractivity contribution in [3.63, 3.8) is 0 Å². The lowest BCUT2D eigenvalue weighted by Gasteiger charge is -2.08. The molecule has 0 spiro atoms. The average molecular weight is 313 g/mol. The Labute approximate surface area is 126 Å². The van der Waals surface area contributed by atoms with Gasteiger partial charge in [-0.05, 0) is 38.0 Å². The maximum Gasteiger partial charge on any atom is 0.251 e. The third kappa shape index (κ3) is 7.82. The molecule has 0 atom stereocenters. The van der Waals surface area contributed by atoms with Crippen molar-refractivity contribution < 1.29 is 17.9 Å². The molecule has 21 heavy (non-hydrogen) atoms. The Balaban J connectivity index is 2.41. The van der Waals surface area contributed by atoms with E-state index < -0.39 is 9.84 Å². The lowest BCUT2D eigenvalue weighted by atomic mass is 10.1. The standard InChI is InChI=1S/C15H23NO4S/c1-12(2)20-10-4-9-16-15(17)14-7-5-13(6-8-14)11-21(3,18)19/h5-8,12H,4,9-11H2,1-3H3,(H,16,17). The van der Waals surface area contributed by atoms with Gasteiger partial charge in [0.15, 0.2) is 9.84 Å². The third-order valence-electron chi connectivity index (χ3n) is 2.70. The molecule has 0 saturated heterocycles. The molecule has 1 aromatic rings. The van der Waals surface area contributed by atoms with Crippen LogP contribution in [0.25, 0.3) is 0 Å². The van der Waals surface area contributed by atoms with Gasteiger partial charge in [0, 0.05) is 25.0 Å². The van der Waals surface area contributed by atoms with Gasteiger partial charge in [-0.1, -0.05) is 12.1 Å². The van der Waals surface area contributed by atoms with E-state index in [1.54, 1.807) is 24.3 Å². The summed E-state index contributed by atoms with van der Waals surface area (Å²) in [6, 6.07) is 6.61. The molecule has 1 amide bonds. The zero-order valence-corrected chi connectivity index (χ0v) is 13.6. The zero-order valence-electron chi connectivity index (χ0n) is 12.8. The fraction of sp³-hybridized carbons (Fsp3) is 0.533. The summed E-state index contributed by atoms with van der Waals surface area (Å²) in [5.41, 5.74) is 1.21. The minimum absolute atomic E-state index is 0.0125. The predicted molar refractivity (Wildman–Crippen MR) is 83.0 cm³/mol. The number of carbonyl (C=O) groups excluding carboxylic acids is 1. The normalized spacial score (nSPS) is 11.6. The van der Waals surface area contributed by atoms with Crippen LogP contribution >= 0.6 is 0 Å². The first kappa shape index (κ1) is 17.7. The number of hydrogen-bond acceptors (Lipinski definition) is 4. The lowest BCUT2D eigenvalue weighted by Crippen LogP contribution is -2.25. The van der Waals surface area contributed by atoms with Gasteiger partial charge >= 0.3 is 0 Å². The number of hydrogen-bond donors (Lipinski definition) is 1. The highest BCUT2D eigenvalue weighted by Crippen LogP contribution is 2.07. The highest BCUT2D eigenvalue weighted by Gasteiger charge is 2.07. The van der Waals surface area contributed by atoms with Crippen molar-refractivity contribution >= 4 is 15.7 Å². The van der Waals surface area contributed by atoms with Crippen molar-refractivity contribution in [1.82, 2.24) is 5.32 Å². The van der Waals surface area contributed by atoms with Crippen molar-refractivity contribution in [3.8, 4) is 0 Å². The molecule has 0 aliphatic heterocycles. The van der Waals surface area contributed by atoms with Crippen LogP contribution in [0.2, 0.25) is 0 Å². The molecule has 0 heterocycles. The minimum Gasteiger partial charge on any atom is -0.379 e. The van der Waals surface area contributed by atoms with Crippen molar-refractivity contribution in [2.45, 2.75) is 32.1 Å². The van der Waals surface area contributed by atoms with Crippen LogP contribution in [0.15, 0.2) is 24.3 Å².